The summed E-state index contributed by atoms with van der Waals surface area (Å²) in [5, 5.41) is 2.65. The van der Waals surface area contributed by atoms with Gasteiger partial charge >= 0.3 is 22.2 Å². The molecular weight excluding hydrogens is 362 g/mol. The first kappa shape index (κ1) is 21.8. The number of amides is 1. The molecule has 0 bridgehead atoms. The van der Waals surface area contributed by atoms with Crippen molar-refractivity contribution in [2.24, 2.45) is 0 Å². The topological polar surface area (TPSA) is 108 Å². The number of esters is 1. The maximum atomic E-state index is 12.0. The van der Waals surface area contributed by atoms with Gasteiger partial charge in [-0.1, -0.05) is 12.1 Å². The number of ether oxygens (including phenoxy) is 2. The van der Waals surface area contributed by atoms with Crippen LogP contribution in [0.4, 0.5) is 4.79 Å². The Balaban J connectivity index is 2.81. The molecular formula is C17H25NO7S. The zero-order chi connectivity index (χ0) is 20.0. The summed E-state index contributed by atoms with van der Waals surface area (Å²) in [6.45, 7) is 5.22. The van der Waals surface area contributed by atoms with Crippen LogP contribution in [0.5, 0.6) is 5.75 Å². The molecule has 0 aliphatic rings. The first-order valence-corrected chi connectivity index (χ1v) is 9.74. The summed E-state index contributed by atoms with van der Waals surface area (Å²) in [4.78, 5) is 23.6. The number of carbonyl (C=O) groups is 2. The summed E-state index contributed by atoms with van der Waals surface area (Å²) in [5.41, 5.74) is 0.112. The lowest BCUT2D eigenvalue weighted by atomic mass is 10.0. The summed E-state index contributed by atoms with van der Waals surface area (Å²) in [6, 6.07) is 5.76. The summed E-state index contributed by atoms with van der Waals surface area (Å²) >= 11 is 0. The molecule has 1 rings (SSSR count). The Kier molecular flexibility index (Phi) is 7.43. The van der Waals surface area contributed by atoms with Crippen molar-refractivity contribution in [2.45, 2.75) is 45.3 Å². The predicted molar refractivity (Wildman–Crippen MR) is 95.4 cm³/mol. The molecule has 1 amide bonds. The lowest BCUT2D eigenvalue weighted by Crippen LogP contribution is -2.41. The molecule has 1 unspecified atom stereocenters. The van der Waals surface area contributed by atoms with Crippen LogP contribution in [0.25, 0.3) is 0 Å². The van der Waals surface area contributed by atoms with E-state index in [0.29, 0.717) is 6.42 Å². The van der Waals surface area contributed by atoms with E-state index in [9.17, 15) is 18.0 Å². The number of methoxy groups -OCH3 is 1. The van der Waals surface area contributed by atoms with Gasteiger partial charge in [0.05, 0.1) is 19.8 Å². The fourth-order valence-electron chi connectivity index (χ4n) is 2.07. The Bertz CT molecular complexity index is 720. The van der Waals surface area contributed by atoms with E-state index in [1.807, 2.05) is 0 Å². The van der Waals surface area contributed by atoms with Crippen molar-refractivity contribution in [2.75, 3.05) is 13.4 Å². The van der Waals surface area contributed by atoms with Crippen molar-refractivity contribution >= 4 is 22.2 Å². The van der Waals surface area contributed by atoms with Gasteiger partial charge in [0.2, 0.25) is 0 Å². The maximum absolute atomic E-state index is 12.0. The van der Waals surface area contributed by atoms with Gasteiger partial charge < -0.3 is 19.0 Å². The second-order valence-electron chi connectivity index (χ2n) is 6.76. The third-order valence-electron chi connectivity index (χ3n) is 3.01. The number of hydrogen-bond donors (Lipinski definition) is 1. The monoisotopic (exact) mass is 387 g/mol. The predicted octanol–water partition coefficient (Wildman–Crippen LogP) is 2.02. The van der Waals surface area contributed by atoms with Crippen molar-refractivity contribution in [3.05, 3.63) is 29.8 Å². The first-order chi connectivity index (χ1) is 11.9. The van der Waals surface area contributed by atoms with Crippen LogP contribution in [0.15, 0.2) is 24.3 Å². The normalized spacial score (nSPS) is 12.8. The summed E-state index contributed by atoms with van der Waals surface area (Å²) < 4.78 is 36.9. The van der Waals surface area contributed by atoms with Crippen molar-refractivity contribution < 1.29 is 31.7 Å². The van der Waals surface area contributed by atoms with E-state index in [2.05, 4.69) is 10.1 Å². The molecule has 0 fully saturated rings. The molecule has 1 N–H and O–H groups in total. The third kappa shape index (κ3) is 9.26. The highest BCUT2D eigenvalue weighted by Crippen LogP contribution is 2.16. The van der Waals surface area contributed by atoms with E-state index in [1.54, 1.807) is 32.9 Å². The number of alkyl carbamates (subject to hydrolysis) is 1. The Labute approximate surface area is 153 Å². The Morgan fingerprint density at radius 3 is 2.19 bits per heavy atom. The average Bonchev–Trinajstić information content (AvgIpc) is 2.45. The zero-order valence-electron chi connectivity index (χ0n) is 15.6. The van der Waals surface area contributed by atoms with Crippen LogP contribution in [-0.4, -0.2) is 45.5 Å². The van der Waals surface area contributed by atoms with Crippen molar-refractivity contribution in [1.82, 2.24) is 5.32 Å². The number of rotatable bonds is 7. The minimum atomic E-state index is -3.60. The molecule has 146 valence electrons. The maximum Gasteiger partial charge on any atom is 0.407 e. The van der Waals surface area contributed by atoms with Gasteiger partial charge in [0.25, 0.3) is 0 Å². The van der Waals surface area contributed by atoms with E-state index in [0.717, 1.165) is 11.8 Å². The first-order valence-electron chi connectivity index (χ1n) is 7.92. The molecule has 1 aromatic rings. The van der Waals surface area contributed by atoms with Gasteiger partial charge in [0, 0.05) is 6.04 Å². The Morgan fingerprint density at radius 2 is 1.73 bits per heavy atom. The van der Waals surface area contributed by atoms with Crippen LogP contribution in [0.1, 0.15) is 32.8 Å². The fourth-order valence-corrected chi connectivity index (χ4v) is 2.53. The molecule has 0 saturated heterocycles. The van der Waals surface area contributed by atoms with Crippen LogP contribution < -0.4 is 9.50 Å². The van der Waals surface area contributed by atoms with E-state index in [-0.39, 0.29) is 12.2 Å². The number of benzene rings is 1. The van der Waals surface area contributed by atoms with Gasteiger partial charge in [-0.3, -0.25) is 4.79 Å². The lowest BCUT2D eigenvalue weighted by Gasteiger charge is -2.23. The number of nitrogens with one attached hydrogen (secondary N) is 1. The van der Waals surface area contributed by atoms with Crippen LogP contribution >= 0.6 is 0 Å². The standard InChI is InChI=1S/C17H25NO7S/c1-17(2,3)24-16(20)18-13(11-15(19)23-4)10-12-6-8-14(9-7-12)25-26(5,21)22/h6-9,13H,10-11H2,1-5H3,(H,18,20). The lowest BCUT2D eigenvalue weighted by molar-refractivity contribution is -0.141. The van der Waals surface area contributed by atoms with Gasteiger partial charge in [-0.25, -0.2) is 4.79 Å². The molecule has 0 heterocycles. The van der Waals surface area contributed by atoms with E-state index in [4.69, 9.17) is 8.92 Å². The van der Waals surface area contributed by atoms with E-state index >= 15 is 0 Å². The van der Waals surface area contributed by atoms with Crippen molar-refractivity contribution in [1.29, 1.82) is 0 Å². The smallest absolute Gasteiger partial charge is 0.407 e. The number of hydrogen-bond acceptors (Lipinski definition) is 7. The van der Waals surface area contributed by atoms with Crippen molar-refractivity contribution in [3.8, 4) is 5.75 Å². The van der Waals surface area contributed by atoms with Crippen LogP contribution in [-0.2, 0) is 30.8 Å². The molecule has 9 heteroatoms. The van der Waals surface area contributed by atoms with Gasteiger partial charge in [-0.15, -0.1) is 0 Å². The second kappa shape index (κ2) is 8.88. The molecule has 0 saturated carbocycles. The molecule has 0 radical (unpaired) electrons. The van der Waals surface area contributed by atoms with Gasteiger partial charge in [0.1, 0.15) is 11.4 Å². The molecule has 0 aromatic heterocycles. The molecule has 0 aliphatic heterocycles. The zero-order valence-corrected chi connectivity index (χ0v) is 16.4. The fraction of sp³-hybridized carbons (Fsp3) is 0.529. The average molecular weight is 387 g/mol. The quantitative estimate of drug-likeness (QED) is 0.563. The van der Waals surface area contributed by atoms with Gasteiger partial charge in [-0.2, -0.15) is 8.42 Å². The Morgan fingerprint density at radius 1 is 1.15 bits per heavy atom. The second-order valence-corrected chi connectivity index (χ2v) is 8.33. The third-order valence-corrected chi connectivity index (χ3v) is 3.51. The van der Waals surface area contributed by atoms with Crippen molar-refractivity contribution in [3.63, 3.8) is 0 Å². The van der Waals surface area contributed by atoms with Crippen LogP contribution in [0.3, 0.4) is 0 Å². The minimum Gasteiger partial charge on any atom is -0.469 e. The summed E-state index contributed by atoms with van der Waals surface area (Å²) in [7, 11) is -2.33. The molecule has 8 nitrogen and oxygen atoms in total. The summed E-state index contributed by atoms with van der Waals surface area (Å²) in [5.74, 6) is -0.288. The highest BCUT2D eigenvalue weighted by atomic mass is 32.2. The molecule has 0 aliphatic carbocycles. The SMILES string of the molecule is COC(=O)CC(Cc1ccc(OS(C)(=O)=O)cc1)NC(=O)OC(C)(C)C. The Hall–Kier alpha value is -2.29. The summed E-state index contributed by atoms with van der Waals surface area (Å²) in [6.07, 6.45) is 0.617. The highest BCUT2D eigenvalue weighted by molar-refractivity contribution is 7.86. The van der Waals surface area contributed by atoms with Crippen LogP contribution in [0, 0.1) is 0 Å². The largest absolute Gasteiger partial charge is 0.469 e. The molecule has 1 aromatic carbocycles. The molecule has 1 atom stereocenters. The highest BCUT2D eigenvalue weighted by Gasteiger charge is 2.22. The molecule has 26 heavy (non-hydrogen) atoms. The van der Waals surface area contributed by atoms with E-state index in [1.165, 1.54) is 19.2 Å². The van der Waals surface area contributed by atoms with Gasteiger partial charge in [0.15, 0.2) is 0 Å². The van der Waals surface area contributed by atoms with E-state index < -0.39 is 33.8 Å². The molecule has 0 spiro atoms. The number of carbonyl (C=O) groups excluding carboxylic acids is 2. The van der Waals surface area contributed by atoms with Gasteiger partial charge in [-0.05, 0) is 44.9 Å². The van der Waals surface area contributed by atoms with Crippen LogP contribution in [0.2, 0.25) is 0 Å². The minimum absolute atomic E-state index is 0.0304.